The van der Waals surface area contributed by atoms with Crippen molar-refractivity contribution in [2.45, 2.75) is 33.2 Å². The third-order valence-electron chi connectivity index (χ3n) is 4.98. The molecule has 1 aliphatic rings. The fourth-order valence-corrected chi connectivity index (χ4v) is 3.40. The van der Waals surface area contributed by atoms with Crippen LogP contribution in [0.25, 0.3) is 0 Å². The van der Waals surface area contributed by atoms with Gasteiger partial charge in [-0.25, -0.2) is 0 Å². The number of piperidine rings is 1. The minimum atomic E-state index is -0.148. The topological polar surface area (TPSA) is 61.4 Å². The summed E-state index contributed by atoms with van der Waals surface area (Å²) in [7, 11) is 0. The third kappa shape index (κ3) is 5.09. The molecule has 2 aromatic carbocycles. The summed E-state index contributed by atoms with van der Waals surface area (Å²) < 4.78 is 0. The number of nitrogens with one attached hydrogen (secondary N) is 2. The van der Waals surface area contributed by atoms with Gasteiger partial charge in [-0.15, -0.1) is 0 Å². The van der Waals surface area contributed by atoms with Crippen molar-refractivity contribution in [3.63, 3.8) is 0 Å². The Morgan fingerprint density at radius 2 is 1.78 bits per heavy atom. The lowest BCUT2D eigenvalue weighted by Crippen LogP contribution is -2.35. The average Bonchev–Trinajstić information content (AvgIpc) is 2.67. The summed E-state index contributed by atoms with van der Waals surface area (Å²) in [6, 6.07) is 15.4. The van der Waals surface area contributed by atoms with Crippen molar-refractivity contribution >= 4 is 23.2 Å². The minimum absolute atomic E-state index is 0.125. The number of benzene rings is 2. The SMILES string of the molecule is CC(=O)Nc1ccc(N2CCC(C)CC2)c(C(=O)NCc2ccccc2)c1. The molecular formula is C22H27N3O2. The molecule has 0 bridgehead atoms. The first-order valence-electron chi connectivity index (χ1n) is 9.51. The second-order valence-corrected chi connectivity index (χ2v) is 7.25. The first-order valence-corrected chi connectivity index (χ1v) is 9.51. The number of rotatable bonds is 5. The van der Waals surface area contributed by atoms with E-state index in [2.05, 4.69) is 22.5 Å². The normalized spacial score (nSPS) is 14.7. The van der Waals surface area contributed by atoms with Crippen LogP contribution in [0, 0.1) is 5.92 Å². The fourth-order valence-electron chi connectivity index (χ4n) is 3.40. The van der Waals surface area contributed by atoms with E-state index in [1.807, 2.05) is 42.5 Å². The Bertz CT molecular complexity index is 796. The summed E-state index contributed by atoms with van der Waals surface area (Å²) >= 11 is 0. The molecule has 0 spiro atoms. The molecule has 1 aliphatic heterocycles. The van der Waals surface area contributed by atoms with Crippen LogP contribution in [0.4, 0.5) is 11.4 Å². The van der Waals surface area contributed by atoms with Crippen LogP contribution in [0.2, 0.25) is 0 Å². The van der Waals surface area contributed by atoms with Gasteiger partial charge in [0.1, 0.15) is 0 Å². The molecule has 3 rings (SSSR count). The number of carbonyl (C=O) groups is 2. The van der Waals surface area contributed by atoms with Gasteiger partial charge in [0, 0.05) is 37.9 Å². The van der Waals surface area contributed by atoms with Gasteiger partial charge in [0.15, 0.2) is 0 Å². The van der Waals surface area contributed by atoms with Crippen LogP contribution in [0.3, 0.4) is 0 Å². The quantitative estimate of drug-likeness (QED) is 0.847. The van der Waals surface area contributed by atoms with Crippen molar-refractivity contribution in [1.29, 1.82) is 0 Å². The molecule has 0 saturated carbocycles. The highest BCUT2D eigenvalue weighted by Gasteiger charge is 2.21. The van der Waals surface area contributed by atoms with Crippen LogP contribution < -0.4 is 15.5 Å². The number of anilines is 2. The summed E-state index contributed by atoms with van der Waals surface area (Å²) in [4.78, 5) is 26.6. The predicted octanol–water partition coefficient (Wildman–Crippen LogP) is 3.81. The van der Waals surface area contributed by atoms with Crippen LogP contribution >= 0.6 is 0 Å². The molecule has 2 N–H and O–H groups in total. The smallest absolute Gasteiger partial charge is 0.253 e. The van der Waals surface area contributed by atoms with E-state index in [9.17, 15) is 9.59 Å². The maximum atomic E-state index is 12.9. The van der Waals surface area contributed by atoms with Gasteiger partial charge >= 0.3 is 0 Å². The first kappa shape index (κ1) is 19.0. The lowest BCUT2D eigenvalue weighted by atomic mass is 9.97. The zero-order valence-electron chi connectivity index (χ0n) is 16.0. The Kier molecular flexibility index (Phi) is 6.12. The molecule has 27 heavy (non-hydrogen) atoms. The molecule has 1 heterocycles. The zero-order chi connectivity index (χ0) is 19.2. The predicted molar refractivity (Wildman–Crippen MR) is 109 cm³/mol. The molecule has 0 atom stereocenters. The Morgan fingerprint density at radius 3 is 2.44 bits per heavy atom. The Hall–Kier alpha value is -2.82. The minimum Gasteiger partial charge on any atom is -0.371 e. The van der Waals surface area contributed by atoms with Crippen LogP contribution in [-0.2, 0) is 11.3 Å². The summed E-state index contributed by atoms with van der Waals surface area (Å²) in [5, 5.41) is 5.78. The molecule has 0 aromatic heterocycles. The highest BCUT2D eigenvalue weighted by molar-refractivity contribution is 6.02. The molecule has 5 heteroatoms. The molecule has 0 radical (unpaired) electrons. The Labute approximate surface area is 160 Å². The monoisotopic (exact) mass is 365 g/mol. The van der Waals surface area contributed by atoms with Gasteiger partial charge in [0.25, 0.3) is 5.91 Å². The van der Waals surface area contributed by atoms with Gasteiger partial charge in [-0.2, -0.15) is 0 Å². The highest BCUT2D eigenvalue weighted by atomic mass is 16.2. The van der Waals surface area contributed by atoms with Crippen molar-refractivity contribution < 1.29 is 9.59 Å². The number of amides is 2. The van der Waals surface area contributed by atoms with Gasteiger partial charge in [-0.05, 0) is 42.5 Å². The molecule has 1 saturated heterocycles. The van der Waals surface area contributed by atoms with E-state index in [1.165, 1.54) is 6.92 Å². The van der Waals surface area contributed by atoms with Crippen molar-refractivity contribution in [2.24, 2.45) is 5.92 Å². The van der Waals surface area contributed by atoms with Crippen LogP contribution in [0.5, 0.6) is 0 Å². The zero-order valence-corrected chi connectivity index (χ0v) is 16.0. The van der Waals surface area contributed by atoms with E-state index in [0.29, 0.717) is 17.8 Å². The van der Waals surface area contributed by atoms with Crippen molar-refractivity contribution in [1.82, 2.24) is 5.32 Å². The molecule has 0 unspecified atom stereocenters. The number of carbonyl (C=O) groups excluding carboxylic acids is 2. The van der Waals surface area contributed by atoms with Gasteiger partial charge in [-0.1, -0.05) is 37.3 Å². The van der Waals surface area contributed by atoms with Crippen molar-refractivity contribution in [3.8, 4) is 0 Å². The maximum absolute atomic E-state index is 12.9. The summed E-state index contributed by atoms with van der Waals surface area (Å²) in [6.45, 7) is 6.10. The Morgan fingerprint density at radius 1 is 1.07 bits per heavy atom. The number of nitrogens with zero attached hydrogens (tertiary/aromatic N) is 1. The Balaban J connectivity index is 1.82. The summed E-state index contributed by atoms with van der Waals surface area (Å²) in [6.07, 6.45) is 2.25. The number of hydrogen-bond acceptors (Lipinski definition) is 3. The lowest BCUT2D eigenvalue weighted by Gasteiger charge is -2.33. The molecule has 2 amide bonds. The van der Waals surface area contributed by atoms with Crippen molar-refractivity contribution in [3.05, 3.63) is 59.7 Å². The molecule has 142 valence electrons. The largest absolute Gasteiger partial charge is 0.371 e. The lowest BCUT2D eigenvalue weighted by molar-refractivity contribution is -0.114. The van der Waals surface area contributed by atoms with E-state index >= 15 is 0 Å². The molecule has 0 aliphatic carbocycles. The van der Waals surface area contributed by atoms with Crippen LogP contribution in [0.1, 0.15) is 42.6 Å². The molecule has 1 fully saturated rings. The van der Waals surface area contributed by atoms with E-state index in [1.54, 1.807) is 6.07 Å². The van der Waals surface area contributed by atoms with Crippen molar-refractivity contribution in [2.75, 3.05) is 23.3 Å². The molecule has 2 aromatic rings. The highest BCUT2D eigenvalue weighted by Crippen LogP contribution is 2.28. The van der Waals surface area contributed by atoms with Gasteiger partial charge in [0.05, 0.1) is 5.56 Å². The molecular weight excluding hydrogens is 338 g/mol. The van der Waals surface area contributed by atoms with Gasteiger partial charge < -0.3 is 15.5 Å². The average molecular weight is 365 g/mol. The summed E-state index contributed by atoms with van der Waals surface area (Å²) in [5.41, 5.74) is 3.23. The van der Waals surface area contributed by atoms with Crippen LogP contribution in [-0.4, -0.2) is 24.9 Å². The molecule has 5 nitrogen and oxygen atoms in total. The maximum Gasteiger partial charge on any atom is 0.253 e. The number of hydrogen-bond donors (Lipinski definition) is 2. The van der Waals surface area contributed by atoms with Gasteiger partial charge in [0.2, 0.25) is 5.91 Å². The van der Waals surface area contributed by atoms with E-state index in [-0.39, 0.29) is 11.8 Å². The third-order valence-corrected chi connectivity index (χ3v) is 4.98. The summed E-state index contributed by atoms with van der Waals surface area (Å²) in [5.74, 6) is 0.445. The second-order valence-electron chi connectivity index (χ2n) is 7.25. The van der Waals surface area contributed by atoms with E-state index < -0.39 is 0 Å². The van der Waals surface area contributed by atoms with E-state index in [4.69, 9.17) is 0 Å². The van der Waals surface area contributed by atoms with Gasteiger partial charge in [-0.3, -0.25) is 9.59 Å². The first-order chi connectivity index (χ1) is 13.0. The van der Waals surface area contributed by atoms with E-state index in [0.717, 1.165) is 43.1 Å². The standard InChI is InChI=1S/C22H27N3O2/c1-16-10-12-25(13-11-16)21-9-8-19(24-17(2)26)14-20(21)22(27)23-15-18-6-4-3-5-7-18/h3-9,14,16H,10-13,15H2,1-2H3,(H,23,27)(H,24,26). The second kappa shape index (κ2) is 8.71. The fraction of sp³-hybridized carbons (Fsp3) is 0.364. The van der Waals surface area contributed by atoms with Crippen LogP contribution in [0.15, 0.2) is 48.5 Å².